The molecule has 0 unspecified atom stereocenters. The molecule has 2 aromatic heterocycles. The molecule has 0 amide bonds. The summed E-state index contributed by atoms with van der Waals surface area (Å²) in [5.41, 5.74) is 11.5. The lowest BCUT2D eigenvalue weighted by molar-refractivity contribution is 0.607. The molecule has 9 aromatic rings. The summed E-state index contributed by atoms with van der Waals surface area (Å²) in [4.78, 5) is 17.9. The molecule has 0 N–H and O–H groups in total. The minimum absolute atomic E-state index is 0.134. The van der Waals surface area contributed by atoms with Crippen molar-refractivity contribution < 1.29 is 4.42 Å². The molecule has 3 heterocycles. The highest BCUT2D eigenvalue weighted by Gasteiger charge is 2.33. The van der Waals surface area contributed by atoms with Gasteiger partial charge in [-0.25, -0.2) is 15.0 Å². The molecule has 5 heteroatoms. The molecule has 0 spiro atoms. The van der Waals surface area contributed by atoms with Gasteiger partial charge >= 0.3 is 0 Å². The number of aromatic nitrogens is 3. The van der Waals surface area contributed by atoms with Crippen LogP contribution in [0.15, 0.2) is 178 Å². The van der Waals surface area contributed by atoms with E-state index >= 15 is 0 Å². The fraction of sp³-hybridized carbons (Fsp3) is 0.0625. The third kappa shape index (κ3) is 5.35. The Morgan fingerprint density at radius 3 is 1.85 bits per heavy atom. The number of rotatable bonds is 5. The van der Waals surface area contributed by atoms with Crippen molar-refractivity contribution in [2.24, 2.45) is 0 Å². The van der Waals surface area contributed by atoms with Gasteiger partial charge in [-0.1, -0.05) is 165 Å². The van der Waals surface area contributed by atoms with Crippen molar-refractivity contribution in [3.05, 3.63) is 175 Å². The Morgan fingerprint density at radius 2 is 1.02 bits per heavy atom. The van der Waals surface area contributed by atoms with Gasteiger partial charge in [0.25, 0.3) is 0 Å². The van der Waals surface area contributed by atoms with Crippen molar-refractivity contribution in [1.82, 2.24) is 15.0 Å². The van der Waals surface area contributed by atoms with Crippen LogP contribution in [0.1, 0.15) is 25.0 Å². The van der Waals surface area contributed by atoms with Gasteiger partial charge < -0.3 is 4.42 Å². The van der Waals surface area contributed by atoms with Gasteiger partial charge in [0, 0.05) is 48.2 Å². The third-order valence-electron chi connectivity index (χ3n) is 10.4. The molecular weight excluding hydrogens is 667 g/mol. The Morgan fingerprint density at radius 1 is 0.434 bits per heavy atom. The highest BCUT2D eigenvalue weighted by Crippen LogP contribution is 2.50. The smallest absolute Gasteiger partial charge is 0.164 e. The van der Waals surface area contributed by atoms with E-state index in [1.54, 1.807) is 0 Å². The molecular formula is C48H33N3OS. The van der Waals surface area contributed by atoms with Crippen LogP contribution in [-0.4, -0.2) is 15.0 Å². The zero-order chi connectivity index (χ0) is 35.5. The molecule has 4 nitrogen and oxygen atoms in total. The Bertz CT molecular complexity index is 2840. The van der Waals surface area contributed by atoms with E-state index in [0.717, 1.165) is 60.9 Å². The number of fused-ring (bicyclic) bond motifs is 5. The normalized spacial score (nSPS) is 13.2. The molecule has 0 aliphatic carbocycles. The van der Waals surface area contributed by atoms with E-state index in [2.05, 4.69) is 135 Å². The first-order valence-electron chi connectivity index (χ1n) is 17.9. The monoisotopic (exact) mass is 699 g/mol. The molecule has 0 saturated heterocycles. The van der Waals surface area contributed by atoms with Crippen LogP contribution in [-0.2, 0) is 5.41 Å². The van der Waals surface area contributed by atoms with Crippen molar-refractivity contribution in [2.45, 2.75) is 29.1 Å². The molecule has 53 heavy (non-hydrogen) atoms. The minimum atomic E-state index is -0.134. The predicted molar refractivity (Wildman–Crippen MR) is 217 cm³/mol. The Kier molecular flexibility index (Phi) is 7.37. The summed E-state index contributed by atoms with van der Waals surface area (Å²) >= 11 is 1.85. The maximum absolute atomic E-state index is 6.35. The highest BCUT2D eigenvalue weighted by atomic mass is 32.2. The van der Waals surface area contributed by atoms with E-state index < -0.39 is 0 Å². The summed E-state index contributed by atoms with van der Waals surface area (Å²) in [5.74, 6) is 1.89. The minimum Gasteiger partial charge on any atom is -0.455 e. The van der Waals surface area contributed by atoms with Crippen molar-refractivity contribution in [1.29, 1.82) is 0 Å². The van der Waals surface area contributed by atoms with Crippen LogP contribution >= 0.6 is 11.8 Å². The van der Waals surface area contributed by atoms with Gasteiger partial charge in [-0.15, -0.1) is 0 Å². The standard InChI is InChI=1S/C48H33N3OS/c1-48(2)39-20-9-11-22-42(39)53-43-28-27-33(29-40(43)48)34-15-6-7-17-38(34)47-50-45(31-13-4-3-5-14-31)49-46(51-47)32-25-23-30(24-26-32)35-18-12-19-37-36-16-8-10-21-41(36)52-44(35)37/h3-29H,1-2H3. The van der Waals surface area contributed by atoms with Crippen molar-refractivity contribution in [3.63, 3.8) is 0 Å². The number of nitrogens with zero attached hydrogens (tertiary/aromatic N) is 3. The first-order valence-corrected chi connectivity index (χ1v) is 18.7. The topological polar surface area (TPSA) is 51.8 Å². The van der Waals surface area contributed by atoms with E-state index in [1.165, 1.54) is 20.9 Å². The van der Waals surface area contributed by atoms with Crippen LogP contribution in [0.2, 0.25) is 0 Å². The SMILES string of the molecule is CC1(C)c2ccccc2Sc2ccc(-c3ccccc3-c3nc(-c4ccccc4)nc(-c4ccc(-c5cccc6c5oc5ccccc56)cc4)n3)cc21. The second-order valence-electron chi connectivity index (χ2n) is 14.0. The number of benzene rings is 7. The zero-order valence-corrected chi connectivity index (χ0v) is 30.1. The molecule has 0 bridgehead atoms. The summed E-state index contributed by atoms with van der Waals surface area (Å²) in [6.07, 6.45) is 0. The van der Waals surface area contributed by atoms with Crippen molar-refractivity contribution in [3.8, 4) is 56.4 Å². The molecule has 252 valence electrons. The lowest BCUT2D eigenvalue weighted by Crippen LogP contribution is -2.23. The largest absolute Gasteiger partial charge is 0.455 e. The fourth-order valence-corrected chi connectivity index (χ4v) is 9.03. The van der Waals surface area contributed by atoms with Crippen LogP contribution in [0.5, 0.6) is 0 Å². The predicted octanol–water partition coefficient (Wildman–Crippen LogP) is 12.9. The third-order valence-corrected chi connectivity index (χ3v) is 11.6. The molecule has 1 aliphatic rings. The highest BCUT2D eigenvalue weighted by molar-refractivity contribution is 7.99. The molecule has 0 radical (unpaired) electrons. The number of hydrogen-bond donors (Lipinski definition) is 0. The lowest BCUT2D eigenvalue weighted by atomic mass is 9.77. The Labute approximate surface area is 312 Å². The van der Waals surface area contributed by atoms with E-state index in [4.69, 9.17) is 19.4 Å². The summed E-state index contributed by atoms with van der Waals surface area (Å²) in [7, 11) is 0. The van der Waals surface area contributed by atoms with Gasteiger partial charge in [0.15, 0.2) is 17.5 Å². The van der Waals surface area contributed by atoms with E-state index in [0.29, 0.717) is 17.5 Å². The first-order chi connectivity index (χ1) is 26.0. The van der Waals surface area contributed by atoms with Gasteiger partial charge in [-0.2, -0.15) is 0 Å². The average Bonchev–Trinajstić information content (AvgIpc) is 3.60. The average molecular weight is 700 g/mol. The Hall–Kier alpha value is -6.30. The summed E-state index contributed by atoms with van der Waals surface area (Å²) in [6, 6.07) is 57.2. The fourth-order valence-electron chi connectivity index (χ4n) is 7.66. The molecule has 0 atom stereocenters. The lowest BCUT2D eigenvalue weighted by Gasteiger charge is -2.35. The summed E-state index contributed by atoms with van der Waals surface area (Å²) in [6.45, 7) is 4.65. The van der Waals surface area contributed by atoms with Crippen LogP contribution in [0, 0.1) is 0 Å². The van der Waals surface area contributed by atoms with Crippen LogP contribution in [0.3, 0.4) is 0 Å². The van der Waals surface area contributed by atoms with E-state index in [-0.39, 0.29) is 5.41 Å². The molecule has 10 rings (SSSR count). The number of furan rings is 1. The second-order valence-corrected chi connectivity index (χ2v) is 15.1. The van der Waals surface area contributed by atoms with Crippen molar-refractivity contribution >= 4 is 33.7 Å². The van der Waals surface area contributed by atoms with Gasteiger partial charge in [-0.3, -0.25) is 0 Å². The first kappa shape index (κ1) is 31.4. The Balaban J connectivity index is 1.08. The molecule has 0 fully saturated rings. The van der Waals surface area contributed by atoms with Crippen molar-refractivity contribution in [2.75, 3.05) is 0 Å². The van der Waals surface area contributed by atoms with E-state index in [9.17, 15) is 0 Å². The van der Waals surface area contributed by atoms with E-state index in [1.807, 2.05) is 54.2 Å². The van der Waals surface area contributed by atoms with Gasteiger partial charge in [0.2, 0.25) is 0 Å². The van der Waals surface area contributed by atoms with Crippen LogP contribution in [0.4, 0.5) is 0 Å². The number of para-hydroxylation sites is 2. The zero-order valence-electron chi connectivity index (χ0n) is 29.2. The van der Waals surface area contributed by atoms with Gasteiger partial charge in [-0.05, 0) is 52.1 Å². The van der Waals surface area contributed by atoms with Crippen LogP contribution in [0.25, 0.3) is 78.4 Å². The molecule has 1 aliphatic heterocycles. The summed E-state index contributed by atoms with van der Waals surface area (Å²) in [5, 5.41) is 2.23. The summed E-state index contributed by atoms with van der Waals surface area (Å²) < 4.78 is 6.35. The second kappa shape index (κ2) is 12.4. The quantitative estimate of drug-likeness (QED) is 0.179. The van der Waals surface area contributed by atoms with Gasteiger partial charge in [0.1, 0.15) is 11.2 Å². The van der Waals surface area contributed by atoms with Gasteiger partial charge in [0.05, 0.1) is 0 Å². The van der Waals surface area contributed by atoms with Crippen LogP contribution < -0.4 is 0 Å². The maximum atomic E-state index is 6.35. The maximum Gasteiger partial charge on any atom is 0.164 e. The number of hydrogen-bond acceptors (Lipinski definition) is 5. The molecule has 7 aromatic carbocycles. The molecule has 0 saturated carbocycles.